The molecule has 2 saturated carbocycles. The Bertz CT molecular complexity index is 1140. The zero-order valence-electron chi connectivity index (χ0n) is 20.7. The summed E-state index contributed by atoms with van der Waals surface area (Å²) in [6.07, 6.45) is 6.32. The third-order valence-corrected chi connectivity index (χ3v) is 8.29. The third kappa shape index (κ3) is 4.42. The van der Waals surface area contributed by atoms with E-state index in [0.717, 1.165) is 56.0 Å². The summed E-state index contributed by atoms with van der Waals surface area (Å²) < 4.78 is 11.5. The molecule has 0 unspecified atom stereocenters. The quantitative estimate of drug-likeness (QED) is 0.609. The third-order valence-electron chi connectivity index (χ3n) is 8.29. The van der Waals surface area contributed by atoms with Crippen molar-refractivity contribution in [3.05, 3.63) is 41.0 Å². The van der Waals surface area contributed by atoms with E-state index in [-0.39, 0.29) is 17.6 Å². The Balaban J connectivity index is 0.930. The van der Waals surface area contributed by atoms with Crippen LogP contribution in [0.4, 0.5) is 4.79 Å². The first-order valence-electron chi connectivity index (χ1n) is 13.0. The monoisotopic (exact) mass is 494 g/mol. The van der Waals surface area contributed by atoms with E-state index in [1.807, 2.05) is 15.9 Å². The average Bonchev–Trinajstić information content (AvgIpc) is 3.58. The Hall–Kier alpha value is -3.14. The van der Waals surface area contributed by atoms with Crippen molar-refractivity contribution in [2.24, 2.45) is 11.1 Å². The number of nitrogens with one attached hydrogen (secondary N) is 1. The highest BCUT2D eigenvalue weighted by Crippen LogP contribution is 2.55. The molecule has 1 aromatic carbocycles. The van der Waals surface area contributed by atoms with E-state index < -0.39 is 5.91 Å². The molecule has 1 spiro atoms. The molecule has 3 N–H and O–H groups in total. The number of rotatable bonds is 7. The van der Waals surface area contributed by atoms with Gasteiger partial charge in [0.05, 0.1) is 19.8 Å². The minimum atomic E-state index is -0.486. The second-order valence-electron chi connectivity index (χ2n) is 11.0. The molecule has 6 rings (SSSR count). The maximum absolute atomic E-state index is 13.0. The summed E-state index contributed by atoms with van der Waals surface area (Å²) in [6.45, 7) is 3.49. The molecule has 2 saturated heterocycles. The standard InChI is InChI=1S/C26H34N6O4/c1-35-21-10-17(22(27)33)4-5-18(21)13-36-20-6-8-31(9-7-20)25(34)32-14-26(15-32)11-19(12-26)24-28-23(29-30-24)16-2-3-16/h4-5,10,16,19-20H,2-3,6-9,11-15H2,1H3,(H2,27,33)(H,28,29,30). The second-order valence-corrected chi connectivity index (χ2v) is 11.0. The van der Waals surface area contributed by atoms with Crippen LogP contribution in [-0.2, 0) is 11.3 Å². The number of likely N-dealkylation sites (tertiary alicyclic amines) is 2. The number of aromatic amines is 1. The number of piperidine rings is 1. The van der Waals surface area contributed by atoms with Crippen LogP contribution in [0, 0.1) is 5.41 Å². The molecule has 2 aliphatic heterocycles. The smallest absolute Gasteiger partial charge is 0.320 e. The Morgan fingerprint density at radius 2 is 1.86 bits per heavy atom. The highest BCUT2D eigenvalue weighted by atomic mass is 16.5. The topological polar surface area (TPSA) is 127 Å². The normalized spacial score (nSPS) is 21.8. The molecule has 0 radical (unpaired) electrons. The van der Waals surface area contributed by atoms with Gasteiger partial charge in [0.1, 0.15) is 11.6 Å². The molecule has 10 heteroatoms. The summed E-state index contributed by atoms with van der Waals surface area (Å²) in [6, 6.07) is 5.30. The Morgan fingerprint density at radius 1 is 1.11 bits per heavy atom. The van der Waals surface area contributed by atoms with Gasteiger partial charge in [0, 0.05) is 54.6 Å². The molecular weight excluding hydrogens is 460 g/mol. The van der Waals surface area contributed by atoms with E-state index in [9.17, 15) is 9.59 Å². The van der Waals surface area contributed by atoms with Crippen LogP contribution in [0.25, 0.3) is 0 Å². The molecule has 4 fully saturated rings. The van der Waals surface area contributed by atoms with E-state index in [0.29, 0.717) is 42.8 Å². The number of hydrogen-bond acceptors (Lipinski definition) is 6. The molecule has 2 aromatic rings. The average molecular weight is 495 g/mol. The van der Waals surface area contributed by atoms with E-state index >= 15 is 0 Å². The minimum absolute atomic E-state index is 0.0894. The van der Waals surface area contributed by atoms with Gasteiger partial charge in [0.15, 0.2) is 5.82 Å². The van der Waals surface area contributed by atoms with Crippen LogP contribution in [0.3, 0.4) is 0 Å². The predicted molar refractivity (Wildman–Crippen MR) is 131 cm³/mol. The van der Waals surface area contributed by atoms with Crippen LogP contribution in [0.15, 0.2) is 18.2 Å². The number of hydrogen-bond donors (Lipinski definition) is 2. The second kappa shape index (κ2) is 9.06. The number of primary amides is 1. The van der Waals surface area contributed by atoms with Crippen molar-refractivity contribution in [1.29, 1.82) is 0 Å². The summed E-state index contributed by atoms with van der Waals surface area (Å²) in [7, 11) is 1.57. The molecule has 0 atom stereocenters. The highest BCUT2D eigenvalue weighted by Gasteiger charge is 2.55. The number of nitrogens with two attached hydrogens (primary N) is 1. The number of methoxy groups -OCH3 is 1. The van der Waals surface area contributed by atoms with E-state index in [1.165, 1.54) is 12.8 Å². The van der Waals surface area contributed by atoms with Crippen molar-refractivity contribution in [2.45, 2.75) is 63.1 Å². The molecule has 3 amide bonds. The number of amides is 3. The van der Waals surface area contributed by atoms with Crippen LogP contribution in [-0.4, -0.2) is 76.3 Å². The summed E-state index contributed by atoms with van der Waals surface area (Å²) in [5.41, 5.74) is 6.91. The van der Waals surface area contributed by atoms with Gasteiger partial charge in [0.2, 0.25) is 5.91 Å². The van der Waals surface area contributed by atoms with Gasteiger partial charge in [-0.3, -0.25) is 9.89 Å². The lowest BCUT2D eigenvalue weighted by molar-refractivity contribution is -0.0610. The van der Waals surface area contributed by atoms with Crippen molar-refractivity contribution in [3.8, 4) is 5.75 Å². The fourth-order valence-corrected chi connectivity index (χ4v) is 5.97. The zero-order valence-corrected chi connectivity index (χ0v) is 20.7. The maximum Gasteiger partial charge on any atom is 0.320 e. The van der Waals surface area contributed by atoms with Crippen molar-refractivity contribution < 1.29 is 19.1 Å². The first-order valence-corrected chi connectivity index (χ1v) is 13.0. The predicted octanol–water partition coefficient (Wildman–Crippen LogP) is 2.77. The first-order chi connectivity index (χ1) is 17.4. The van der Waals surface area contributed by atoms with Gasteiger partial charge >= 0.3 is 6.03 Å². The van der Waals surface area contributed by atoms with Gasteiger partial charge in [-0.25, -0.2) is 9.78 Å². The van der Waals surface area contributed by atoms with Gasteiger partial charge in [-0.1, -0.05) is 6.07 Å². The fourth-order valence-electron chi connectivity index (χ4n) is 5.97. The summed E-state index contributed by atoms with van der Waals surface area (Å²) in [5, 5.41) is 7.57. The lowest BCUT2D eigenvalue weighted by atomic mass is 9.57. The van der Waals surface area contributed by atoms with Crippen LogP contribution < -0.4 is 10.5 Å². The molecule has 0 bridgehead atoms. The Morgan fingerprint density at radius 3 is 2.53 bits per heavy atom. The molecule has 3 heterocycles. The molecular formula is C26H34N6O4. The van der Waals surface area contributed by atoms with Gasteiger partial charge in [-0.05, 0) is 50.7 Å². The van der Waals surface area contributed by atoms with E-state index in [4.69, 9.17) is 20.2 Å². The number of H-pyrrole nitrogens is 1. The largest absolute Gasteiger partial charge is 0.496 e. The summed E-state index contributed by atoms with van der Waals surface area (Å²) >= 11 is 0. The number of carbonyl (C=O) groups is 2. The van der Waals surface area contributed by atoms with Crippen molar-refractivity contribution in [3.63, 3.8) is 0 Å². The van der Waals surface area contributed by atoms with Crippen LogP contribution in [0.2, 0.25) is 0 Å². The molecule has 2 aliphatic carbocycles. The van der Waals surface area contributed by atoms with Crippen LogP contribution in [0.5, 0.6) is 5.75 Å². The summed E-state index contributed by atoms with van der Waals surface area (Å²) in [5.74, 6) is 3.17. The zero-order chi connectivity index (χ0) is 24.9. The summed E-state index contributed by atoms with van der Waals surface area (Å²) in [4.78, 5) is 33.1. The van der Waals surface area contributed by atoms with Crippen LogP contribution in [0.1, 0.15) is 77.9 Å². The molecule has 1 aromatic heterocycles. The number of aromatic nitrogens is 3. The van der Waals surface area contributed by atoms with E-state index in [2.05, 4.69) is 10.2 Å². The van der Waals surface area contributed by atoms with Crippen molar-refractivity contribution in [2.75, 3.05) is 33.3 Å². The van der Waals surface area contributed by atoms with Gasteiger partial charge < -0.3 is 25.0 Å². The Labute approximate surface area is 210 Å². The van der Waals surface area contributed by atoms with Crippen molar-refractivity contribution >= 4 is 11.9 Å². The maximum atomic E-state index is 13.0. The van der Waals surface area contributed by atoms with Crippen LogP contribution >= 0.6 is 0 Å². The lowest BCUT2D eigenvalue weighted by Gasteiger charge is -2.59. The fraction of sp³-hybridized carbons (Fsp3) is 0.615. The lowest BCUT2D eigenvalue weighted by Crippen LogP contribution is -2.65. The van der Waals surface area contributed by atoms with Gasteiger partial charge in [0.25, 0.3) is 0 Å². The number of ether oxygens (including phenoxy) is 2. The Kier molecular flexibility index (Phi) is 5.86. The van der Waals surface area contributed by atoms with E-state index in [1.54, 1.807) is 19.2 Å². The number of carbonyl (C=O) groups excluding carboxylic acids is 2. The SMILES string of the molecule is COc1cc(C(N)=O)ccc1COC1CCN(C(=O)N2CC3(CC(c4n[nH]c(C5CC5)n4)C3)C2)CC1. The molecule has 10 nitrogen and oxygen atoms in total. The number of benzene rings is 1. The number of nitrogens with zero attached hydrogens (tertiary/aromatic N) is 4. The van der Waals surface area contributed by atoms with Gasteiger partial charge in [-0.2, -0.15) is 5.10 Å². The molecule has 192 valence electrons. The van der Waals surface area contributed by atoms with Gasteiger partial charge in [-0.15, -0.1) is 0 Å². The number of urea groups is 1. The first kappa shape index (κ1) is 23.3. The minimum Gasteiger partial charge on any atom is -0.496 e. The highest BCUT2D eigenvalue weighted by molar-refractivity contribution is 5.93. The molecule has 36 heavy (non-hydrogen) atoms. The molecule has 4 aliphatic rings. The van der Waals surface area contributed by atoms with Crippen molar-refractivity contribution in [1.82, 2.24) is 25.0 Å².